The van der Waals surface area contributed by atoms with Crippen LogP contribution in [0.5, 0.6) is 11.9 Å². The minimum Gasteiger partial charge on any atom is -0.479 e. The predicted octanol–water partition coefficient (Wildman–Crippen LogP) is 1.18. The van der Waals surface area contributed by atoms with E-state index in [1.165, 1.54) is 7.11 Å². The van der Waals surface area contributed by atoms with E-state index in [0.717, 1.165) is 5.56 Å². The first kappa shape index (κ1) is 20.8. The zero-order valence-electron chi connectivity index (χ0n) is 16.4. The monoisotopic (exact) mass is 412 g/mol. The van der Waals surface area contributed by atoms with E-state index in [4.69, 9.17) is 20.3 Å². The number of carbonyl (C=O) groups is 3. The van der Waals surface area contributed by atoms with Crippen LogP contribution in [0.1, 0.15) is 28.5 Å². The first-order valence-corrected chi connectivity index (χ1v) is 9.07. The number of amides is 1. The summed E-state index contributed by atoms with van der Waals surface area (Å²) in [6, 6.07) is 9.36. The largest absolute Gasteiger partial charge is 0.479 e. The van der Waals surface area contributed by atoms with Crippen LogP contribution in [0.3, 0.4) is 0 Å². The molecule has 3 rings (SSSR count). The Hall–Kier alpha value is -3.95. The molecule has 0 aliphatic heterocycles. The van der Waals surface area contributed by atoms with Gasteiger partial charge in [-0.15, -0.1) is 0 Å². The van der Waals surface area contributed by atoms with Crippen molar-refractivity contribution >= 4 is 28.7 Å². The zero-order valence-corrected chi connectivity index (χ0v) is 16.4. The Bertz CT molecular complexity index is 1120. The SMILES string of the molecule is CCc1c(C(=O)C(N)=O)c2c(OCC(=O)O)nc(OC)nc2n1Cc1ccccc1. The van der Waals surface area contributed by atoms with E-state index in [1.807, 2.05) is 37.3 Å². The predicted molar refractivity (Wildman–Crippen MR) is 106 cm³/mol. The Morgan fingerprint density at radius 2 is 1.87 bits per heavy atom. The maximum atomic E-state index is 12.7. The highest BCUT2D eigenvalue weighted by atomic mass is 16.5. The van der Waals surface area contributed by atoms with Crippen LogP contribution in [0.15, 0.2) is 30.3 Å². The summed E-state index contributed by atoms with van der Waals surface area (Å²) < 4.78 is 12.2. The molecule has 3 aromatic rings. The Balaban J connectivity index is 2.35. The second-order valence-electron chi connectivity index (χ2n) is 6.34. The zero-order chi connectivity index (χ0) is 21.8. The first-order valence-electron chi connectivity index (χ1n) is 9.07. The molecule has 0 aliphatic carbocycles. The molecule has 2 aromatic heterocycles. The highest BCUT2D eigenvalue weighted by molar-refractivity contribution is 6.45. The van der Waals surface area contributed by atoms with Crippen molar-refractivity contribution in [3.05, 3.63) is 47.2 Å². The van der Waals surface area contributed by atoms with Gasteiger partial charge in [0.1, 0.15) is 0 Å². The molecule has 0 saturated heterocycles. The number of methoxy groups -OCH3 is 1. The van der Waals surface area contributed by atoms with Crippen molar-refractivity contribution in [2.45, 2.75) is 19.9 Å². The molecular formula is C20H20N4O6. The molecular weight excluding hydrogens is 392 g/mol. The normalized spacial score (nSPS) is 10.7. The molecule has 156 valence electrons. The molecule has 0 atom stereocenters. The number of primary amides is 1. The topological polar surface area (TPSA) is 147 Å². The molecule has 0 unspecified atom stereocenters. The smallest absolute Gasteiger partial charge is 0.341 e. The summed E-state index contributed by atoms with van der Waals surface area (Å²) in [4.78, 5) is 43.9. The molecule has 1 aromatic carbocycles. The lowest BCUT2D eigenvalue weighted by Gasteiger charge is -2.10. The van der Waals surface area contributed by atoms with Gasteiger partial charge in [0.25, 0.3) is 11.7 Å². The van der Waals surface area contributed by atoms with Crippen LogP contribution in [0.4, 0.5) is 0 Å². The number of fused-ring (bicyclic) bond motifs is 1. The number of nitrogens with zero attached hydrogens (tertiary/aromatic N) is 3. The van der Waals surface area contributed by atoms with Gasteiger partial charge in [0, 0.05) is 12.2 Å². The minimum atomic E-state index is -1.23. The first-order chi connectivity index (χ1) is 14.4. The maximum absolute atomic E-state index is 12.7. The highest BCUT2D eigenvalue weighted by Gasteiger charge is 2.30. The maximum Gasteiger partial charge on any atom is 0.341 e. The van der Waals surface area contributed by atoms with Crippen LogP contribution in [-0.2, 0) is 22.6 Å². The van der Waals surface area contributed by atoms with Gasteiger partial charge < -0.3 is 24.9 Å². The fourth-order valence-electron chi connectivity index (χ4n) is 3.23. The molecule has 2 heterocycles. The lowest BCUT2D eigenvalue weighted by Crippen LogP contribution is -2.24. The third-order valence-corrected chi connectivity index (χ3v) is 4.44. The third kappa shape index (κ3) is 3.93. The van der Waals surface area contributed by atoms with Gasteiger partial charge >= 0.3 is 12.0 Å². The number of Topliss-reactive ketones (excluding diaryl/α,β-unsaturated/α-hetero) is 1. The Morgan fingerprint density at radius 3 is 2.43 bits per heavy atom. The van der Waals surface area contributed by atoms with Gasteiger partial charge in [0.05, 0.1) is 18.1 Å². The standard InChI is InChI=1S/C20H20N4O6/c1-3-12-14(16(27)17(21)28)15-18(24(12)9-11-7-5-4-6-8-11)22-20(29-2)23-19(15)30-10-13(25)26/h4-8H,3,9-10H2,1-2H3,(H2,21,28)(H,25,26). The molecule has 0 bridgehead atoms. The molecule has 10 heteroatoms. The van der Waals surface area contributed by atoms with Crippen LogP contribution < -0.4 is 15.2 Å². The Labute approximate surface area is 171 Å². The summed E-state index contributed by atoms with van der Waals surface area (Å²) >= 11 is 0. The van der Waals surface area contributed by atoms with Crippen LogP contribution in [-0.4, -0.2) is 51.0 Å². The van der Waals surface area contributed by atoms with Crippen molar-refractivity contribution in [3.63, 3.8) is 0 Å². The van der Waals surface area contributed by atoms with Crippen LogP contribution >= 0.6 is 0 Å². The second kappa shape index (κ2) is 8.60. The Morgan fingerprint density at radius 1 is 1.17 bits per heavy atom. The molecule has 0 spiro atoms. The number of ketones is 1. The van der Waals surface area contributed by atoms with Crippen molar-refractivity contribution in [2.75, 3.05) is 13.7 Å². The van der Waals surface area contributed by atoms with Crippen LogP contribution in [0.25, 0.3) is 11.0 Å². The van der Waals surface area contributed by atoms with E-state index in [1.54, 1.807) is 4.57 Å². The van der Waals surface area contributed by atoms with Gasteiger partial charge in [0.15, 0.2) is 12.3 Å². The van der Waals surface area contributed by atoms with Crippen LogP contribution in [0.2, 0.25) is 0 Å². The van der Waals surface area contributed by atoms with Gasteiger partial charge in [-0.3, -0.25) is 9.59 Å². The van der Waals surface area contributed by atoms with Crippen molar-refractivity contribution in [1.29, 1.82) is 0 Å². The van der Waals surface area contributed by atoms with Crippen molar-refractivity contribution in [1.82, 2.24) is 14.5 Å². The molecule has 1 amide bonds. The molecule has 10 nitrogen and oxygen atoms in total. The lowest BCUT2D eigenvalue weighted by molar-refractivity contribution is -0.139. The molecule has 30 heavy (non-hydrogen) atoms. The number of rotatable bonds is 9. The van der Waals surface area contributed by atoms with E-state index in [2.05, 4.69) is 9.97 Å². The lowest BCUT2D eigenvalue weighted by atomic mass is 10.1. The van der Waals surface area contributed by atoms with Gasteiger partial charge in [-0.2, -0.15) is 9.97 Å². The second-order valence-corrected chi connectivity index (χ2v) is 6.34. The number of aromatic nitrogens is 3. The minimum absolute atomic E-state index is 0.000951. The van der Waals surface area contributed by atoms with Crippen LogP contribution in [0, 0.1) is 0 Å². The molecule has 0 aliphatic rings. The van der Waals surface area contributed by atoms with Gasteiger partial charge in [-0.1, -0.05) is 37.3 Å². The number of hydrogen-bond acceptors (Lipinski definition) is 7. The fraction of sp³-hybridized carbons (Fsp3) is 0.250. The van der Waals surface area contributed by atoms with Gasteiger partial charge in [-0.05, 0) is 12.0 Å². The van der Waals surface area contributed by atoms with E-state index >= 15 is 0 Å². The summed E-state index contributed by atoms with van der Waals surface area (Å²) in [5, 5.41) is 9.11. The average molecular weight is 412 g/mol. The fourth-order valence-corrected chi connectivity index (χ4v) is 3.23. The number of carboxylic acids is 1. The number of ether oxygens (including phenoxy) is 2. The number of hydrogen-bond donors (Lipinski definition) is 2. The van der Waals surface area contributed by atoms with Crippen molar-refractivity contribution in [2.24, 2.45) is 5.73 Å². The van der Waals surface area contributed by atoms with Crippen molar-refractivity contribution < 1.29 is 29.0 Å². The molecule has 0 saturated carbocycles. The Kier molecular flexibility index (Phi) is 5.95. The highest BCUT2D eigenvalue weighted by Crippen LogP contribution is 2.34. The van der Waals surface area contributed by atoms with E-state index < -0.39 is 24.3 Å². The van der Waals surface area contributed by atoms with E-state index in [9.17, 15) is 14.4 Å². The quantitative estimate of drug-likeness (QED) is 0.393. The van der Waals surface area contributed by atoms with E-state index in [-0.39, 0.29) is 28.5 Å². The summed E-state index contributed by atoms with van der Waals surface area (Å²) in [6.07, 6.45) is 0.373. The van der Waals surface area contributed by atoms with E-state index in [0.29, 0.717) is 18.7 Å². The number of carboxylic acid groups (broad SMARTS) is 1. The third-order valence-electron chi connectivity index (χ3n) is 4.44. The number of benzene rings is 1. The average Bonchev–Trinajstić information content (AvgIpc) is 3.05. The molecule has 0 radical (unpaired) electrons. The van der Waals surface area contributed by atoms with Gasteiger partial charge in [-0.25, -0.2) is 4.79 Å². The number of aliphatic carboxylic acids is 1. The summed E-state index contributed by atoms with van der Waals surface area (Å²) in [7, 11) is 1.35. The van der Waals surface area contributed by atoms with Crippen molar-refractivity contribution in [3.8, 4) is 11.9 Å². The van der Waals surface area contributed by atoms with Gasteiger partial charge in [0.2, 0.25) is 5.88 Å². The summed E-state index contributed by atoms with van der Waals surface area (Å²) in [6.45, 7) is 1.45. The summed E-state index contributed by atoms with van der Waals surface area (Å²) in [5.74, 6) is -3.49. The number of carbonyl (C=O) groups excluding carboxylic acids is 2. The number of nitrogens with two attached hydrogens (primary N) is 1. The molecule has 3 N–H and O–H groups in total. The summed E-state index contributed by atoms with van der Waals surface area (Å²) in [5.41, 5.74) is 6.97. The molecule has 0 fully saturated rings.